The van der Waals surface area contributed by atoms with Crippen LogP contribution in [0.15, 0.2) is 30.3 Å². The first-order valence-electron chi connectivity index (χ1n) is 13.0. The average molecular weight is 485 g/mol. The second-order valence-corrected chi connectivity index (χ2v) is 11.8. The van der Waals surface area contributed by atoms with Gasteiger partial charge in [-0.15, -0.1) is 0 Å². The van der Waals surface area contributed by atoms with Crippen molar-refractivity contribution in [1.29, 1.82) is 0 Å². The summed E-state index contributed by atoms with van der Waals surface area (Å²) in [7, 11) is -0.365. The van der Waals surface area contributed by atoms with Gasteiger partial charge in [0, 0.05) is 6.54 Å². The lowest BCUT2D eigenvalue weighted by Gasteiger charge is -2.32. The van der Waals surface area contributed by atoms with Crippen molar-refractivity contribution in [2.75, 3.05) is 6.54 Å². The molecule has 7 heteroatoms. The highest BCUT2D eigenvalue weighted by atomic mass is 16.7. The first kappa shape index (κ1) is 27.9. The summed E-state index contributed by atoms with van der Waals surface area (Å²) in [5.74, 6) is -0.228. The molecule has 1 aliphatic heterocycles. The van der Waals surface area contributed by atoms with E-state index in [-0.39, 0.29) is 42.1 Å². The van der Waals surface area contributed by atoms with E-state index in [1.165, 1.54) is 0 Å². The molecule has 2 fully saturated rings. The summed E-state index contributed by atoms with van der Waals surface area (Å²) >= 11 is 0. The topological polar surface area (TPSA) is 66.0 Å². The highest BCUT2D eigenvalue weighted by molar-refractivity contribution is 6.62. The second kappa shape index (κ2) is 11.2. The van der Waals surface area contributed by atoms with E-state index in [9.17, 15) is 4.79 Å². The first-order chi connectivity index (χ1) is 16.3. The molecule has 1 saturated heterocycles. The number of carbonyl (C=O) groups excluding carboxylic acids is 1. The molecule has 0 aromatic heterocycles. The molecule has 2 atom stereocenters. The summed E-state index contributed by atoms with van der Waals surface area (Å²) in [6.07, 6.45) is 7.94. The minimum absolute atomic E-state index is 0.0340. The fraction of sp³-hybridized carbons (Fsp3) is 0.679. The number of rotatable bonds is 9. The molecule has 0 amide bonds. The third-order valence-electron chi connectivity index (χ3n) is 7.08. The van der Waals surface area contributed by atoms with Gasteiger partial charge in [-0.3, -0.25) is 10.1 Å². The monoisotopic (exact) mass is 485 g/mol. The van der Waals surface area contributed by atoms with Crippen molar-refractivity contribution in [2.24, 2.45) is 0 Å². The number of hydrogen-bond acceptors (Lipinski definition) is 6. The van der Waals surface area contributed by atoms with Crippen molar-refractivity contribution in [3.05, 3.63) is 35.9 Å². The summed E-state index contributed by atoms with van der Waals surface area (Å²) in [6.45, 7) is 16.7. The zero-order chi connectivity index (χ0) is 25.9. The van der Waals surface area contributed by atoms with Crippen molar-refractivity contribution in [2.45, 2.75) is 116 Å². The van der Waals surface area contributed by atoms with Crippen LogP contribution in [0.5, 0.6) is 0 Å². The maximum Gasteiger partial charge on any atom is 0.494 e. The highest BCUT2D eigenvalue weighted by Crippen LogP contribution is 2.36. The summed E-state index contributed by atoms with van der Waals surface area (Å²) in [5.41, 5.74) is 1.01. The number of benzene rings is 1. The fourth-order valence-corrected chi connectivity index (χ4v) is 4.44. The van der Waals surface area contributed by atoms with E-state index in [0.29, 0.717) is 6.54 Å². The number of carbonyl (C=O) groups is 1. The van der Waals surface area contributed by atoms with E-state index >= 15 is 0 Å². The summed E-state index contributed by atoms with van der Waals surface area (Å²) in [4.78, 5) is 12.9. The highest BCUT2D eigenvalue weighted by Gasteiger charge is 2.51. The molecule has 3 rings (SSSR count). The molecule has 1 heterocycles. The van der Waals surface area contributed by atoms with Gasteiger partial charge in [0.2, 0.25) is 0 Å². The van der Waals surface area contributed by atoms with Crippen LogP contribution in [-0.2, 0) is 23.6 Å². The Balaban J connectivity index is 1.57. The predicted octanol–water partition coefficient (Wildman–Crippen LogP) is 4.65. The van der Waals surface area contributed by atoms with Gasteiger partial charge in [-0.25, -0.2) is 0 Å². The molecule has 2 aliphatic rings. The fourth-order valence-electron chi connectivity index (χ4n) is 4.44. The summed E-state index contributed by atoms with van der Waals surface area (Å²) in [5, 5.41) is 3.33. The molecular weight excluding hydrogens is 441 g/mol. The van der Waals surface area contributed by atoms with Crippen molar-refractivity contribution >= 4 is 24.6 Å². The van der Waals surface area contributed by atoms with E-state index in [2.05, 4.69) is 33.0 Å². The smallest absolute Gasteiger partial charge is 0.461 e. The van der Waals surface area contributed by atoms with Crippen LogP contribution in [0.2, 0.25) is 0 Å². The van der Waals surface area contributed by atoms with E-state index < -0.39 is 6.04 Å². The zero-order valence-electron chi connectivity index (χ0n) is 22.9. The summed E-state index contributed by atoms with van der Waals surface area (Å²) < 4.78 is 24.1. The summed E-state index contributed by atoms with van der Waals surface area (Å²) in [6, 6.07) is 7.65. The minimum Gasteiger partial charge on any atom is -0.461 e. The SMILES string of the molecule is C[C@@H](OC(C)(C)C)C(NC/C=C/c1ccc(B2OC(C)(C)C(C)(C)O2)cc1)C(=O)OC1CCCC1. The van der Waals surface area contributed by atoms with Gasteiger partial charge in [0.25, 0.3) is 0 Å². The van der Waals surface area contributed by atoms with Crippen LogP contribution in [0.4, 0.5) is 0 Å². The molecule has 194 valence electrons. The van der Waals surface area contributed by atoms with Crippen molar-refractivity contribution < 1.29 is 23.6 Å². The van der Waals surface area contributed by atoms with E-state index in [4.69, 9.17) is 18.8 Å². The molecular formula is C28H44BNO5. The van der Waals surface area contributed by atoms with Crippen LogP contribution < -0.4 is 10.8 Å². The lowest BCUT2D eigenvalue weighted by molar-refractivity contribution is -0.158. The van der Waals surface area contributed by atoms with Crippen LogP contribution >= 0.6 is 0 Å². The molecule has 0 radical (unpaired) electrons. The third kappa shape index (κ3) is 7.66. The van der Waals surface area contributed by atoms with Gasteiger partial charge in [-0.05, 0) is 92.1 Å². The number of nitrogens with one attached hydrogen (secondary N) is 1. The minimum atomic E-state index is -0.523. The molecule has 1 N–H and O–H groups in total. The van der Waals surface area contributed by atoms with Crippen LogP contribution in [0.25, 0.3) is 6.08 Å². The average Bonchev–Trinajstić information content (AvgIpc) is 3.32. The molecule has 35 heavy (non-hydrogen) atoms. The van der Waals surface area contributed by atoms with Crippen LogP contribution in [-0.4, -0.2) is 54.7 Å². The van der Waals surface area contributed by atoms with Gasteiger partial charge >= 0.3 is 13.1 Å². The Morgan fingerprint density at radius 2 is 1.69 bits per heavy atom. The van der Waals surface area contributed by atoms with Crippen LogP contribution in [0.3, 0.4) is 0 Å². The van der Waals surface area contributed by atoms with Gasteiger partial charge in [0.1, 0.15) is 12.1 Å². The van der Waals surface area contributed by atoms with Gasteiger partial charge in [-0.1, -0.05) is 36.4 Å². The maximum absolute atomic E-state index is 12.9. The Kier molecular flexibility index (Phi) is 8.90. The Labute approximate surface area is 212 Å². The zero-order valence-corrected chi connectivity index (χ0v) is 22.9. The molecule has 1 aromatic rings. The van der Waals surface area contributed by atoms with Gasteiger partial charge in [0.15, 0.2) is 0 Å². The predicted molar refractivity (Wildman–Crippen MR) is 142 cm³/mol. The normalized spacial score (nSPS) is 22.0. The molecule has 0 bridgehead atoms. The number of ether oxygens (including phenoxy) is 2. The maximum atomic E-state index is 12.9. The third-order valence-corrected chi connectivity index (χ3v) is 7.08. The Morgan fingerprint density at radius 3 is 2.23 bits per heavy atom. The standard InChI is InChI=1S/C28H44BNO5/c1-20(33-26(2,3)4)24(25(31)32-23-13-9-10-14-23)30-19-11-12-21-15-17-22(18-16-21)29-34-27(5,6)28(7,8)35-29/h11-12,15-18,20,23-24,30H,9-10,13-14,19H2,1-8H3/b12-11+/t20-,24?/m1/s1. The van der Waals surface area contributed by atoms with Gasteiger partial charge in [-0.2, -0.15) is 0 Å². The van der Waals surface area contributed by atoms with Crippen LogP contribution in [0, 0.1) is 0 Å². The lowest BCUT2D eigenvalue weighted by atomic mass is 9.79. The second-order valence-electron chi connectivity index (χ2n) is 11.8. The van der Waals surface area contributed by atoms with E-state index in [1.807, 2.05) is 64.1 Å². The van der Waals surface area contributed by atoms with Crippen molar-refractivity contribution in [1.82, 2.24) is 5.32 Å². The molecule has 1 unspecified atom stereocenters. The number of hydrogen-bond donors (Lipinski definition) is 1. The van der Waals surface area contributed by atoms with Crippen molar-refractivity contribution in [3.8, 4) is 0 Å². The Morgan fingerprint density at radius 1 is 1.11 bits per heavy atom. The quantitative estimate of drug-likeness (QED) is 0.406. The molecule has 0 spiro atoms. The van der Waals surface area contributed by atoms with Crippen LogP contribution in [0.1, 0.15) is 86.6 Å². The van der Waals surface area contributed by atoms with Crippen molar-refractivity contribution in [3.63, 3.8) is 0 Å². The lowest BCUT2D eigenvalue weighted by Crippen LogP contribution is -2.49. The Bertz CT molecular complexity index is 852. The molecule has 6 nitrogen and oxygen atoms in total. The van der Waals surface area contributed by atoms with E-state index in [1.54, 1.807) is 0 Å². The molecule has 1 aromatic carbocycles. The van der Waals surface area contributed by atoms with Gasteiger partial charge in [0.05, 0.1) is 22.9 Å². The molecule has 1 aliphatic carbocycles. The van der Waals surface area contributed by atoms with Gasteiger partial charge < -0.3 is 18.8 Å². The molecule has 1 saturated carbocycles. The largest absolute Gasteiger partial charge is 0.494 e. The van der Waals surface area contributed by atoms with E-state index in [0.717, 1.165) is 36.7 Å². The first-order valence-corrected chi connectivity index (χ1v) is 13.0. The number of esters is 1. The Hall–Kier alpha value is -1.67.